The van der Waals surface area contributed by atoms with Crippen molar-refractivity contribution in [2.24, 2.45) is 0 Å². The Bertz CT molecular complexity index is 1030. The molecule has 0 N–H and O–H groups in total. The summed E-state index contributed by atoms with van der Waals surface area (Å²) in [6.45, 7) is 21.5. The summed E-state index contributed by atoms with van der Waals surface area (Å²) >= 11 is 0. The minimum absolute atomic E-state index is 0.0634. The summed E-state index contributed by atoms with van der Waals surface area (Å²) in [5, 5.41) is 0. The maximum atomic E-state index is 13.9. The highest BCUT2D eigenvalue weighted by atomic mass is 16.5. The van der Waals surface area contributed by atoms with Gasteiger partial charge < -0.3 is 9.47 Å². The molecule has 0 amide bonds. The third kappa shape index (κ3) is 3.84. The molecule has 0 unspecified atom stereocenters. The standard InChI is InChI=1S/C29H38O3/c1-17-11-23-21(26(3,4)15-28(7,8)31-23)13-19(17)25(30)20-14-22-24(12-18(20)2)32-29(9,10)16-27(22,5)6/h11-14H,15-16H2,1-10H3. The second-order valence-electron chi connectivity index (χ2n) is 12.5. The molecule has 2 aromatic rings. The number of fused-ring (bicyclic) bond motifs is 2. The van der Waals surface area contributed by atoms with E-state index >= 15 is 0 Å². The Labute approximate surface area is 193 Å². The molecule has 0 radical (unpaired) electrons. The number of benzene rings is 2. The van der Waals surface area contributed by atoms with E-state index in [9.17, 15) is 4.79 Å². The van der Waals surface area contributed by atoms with Crippen LogP contribution in [0.2, 0.25) is 0 Å². The molecule has 0 aromatic heterocycles. The van der Waals surface area contributed by atoms with Crippen molar-refractivity contribution in [2.75, 3.05) is 0 Å². The van der Waals surface area contributed by atoms with Gasteiger partial charge >= 0.3 is 0 Å². The molecule has 3 nitrogen and oxygen atoms in total. The Balaban J connectivity index is 1.82. The van der Waals surface area contributed by atoms with Crippen LogP contribution in [-0.4, -0.2) is 17.0 Å². The number of carbonyl (C=O) groups excluding carboxylic acids is 1. The van der Waals surface area contributed by atoms with E-state index in [1.807, 2.05) is 13.8 Å². The van der Waals surface area contributed by atoms with Crippen LogP contribution >= 0.6 is 0 Å². The van der Waals surface area contributed by atoms with Gasteiger partial charge in [0.2, 0.25) is 0 Å². The van der Waals surface area contributed by atoms with Crippen molar-refractivity contribution in [3.05, 3.63) is 57.6 Å². The van der Waals surface area contributed by atoms with Crippen molar-refractivity contribution >= 4 is 5.78 Å². The lowest BCUT2D eigenvalue weighted by molar-refractivity contribution is 0.0528. The first-order valence-electron chi connectivity index (χ1n) is 11.7. The van der Waals surface area contributed by atoms with Crippen molar-refractivity contribution in [3.63, 3.8) is 0 Å². The van der Waals surface area contributed by atoms with Crippen LogP contribution in [0.25, 0.3) is 0 Å². The summed E-state index contributed by atoms with van der Waals surface area (Å²) < 4.78 is 12.6. The molecule has 172 valence electrons. The van der Waals surface area contributed by atoms with E-state index < -0.39 is 0 Å². The Morgan fingerprint density at radius 1 is 0.656 bits per heavy atom. The first-order chi connectivity index (χ1) is 14.5. The van der Waals surface area contributed by atoms with Gasteiger partial charge in [-0.1, -0.05) is 27.7 Å². The quantitative estimate of drug-likeness (QED) is 0.468. The lowest BCUT2D eigenvalue weighted by Crippen LogP contribution is -2.41. The molecule has 2 aliphatic rings. The van der Waals surface area contributed by atoms with Crippen molar-refractivity contribution < 1.29 is 14.3 Å². The summed E-state index contributed by atoms with van der Waals surface area (Å²) in [4.78, 5) is 13.9. The Morgan fingerprint density at radius 3 is 1.34 bits per heavy atom. The highest BCUT2D eigenvalue weighted by Crippen LogP contribution is 2.47. The van der Waals surface area contributed by atoms with Crippen LogP contribution in [0.3, 0.4) is 0 Å². The molecule has 2 heterocycles. The van der Waals surface area contributed by atoms with Gasteiger partial charge in [-0.05, 0) is 101 Å². The molecule has 0 saturated carbocycles. The number of hydrogen-bond donors (Lipinski definition) is 0. The van der Waals surface area contributed by atoms with Gasteiger partial charge in [0.05, 0.1) is 0 Å². The van der Waals surface area contributed by atoms with Crippen LogP contribution in [0.1, 0.15) is 106 Å². The van der Waals surface area contributed by atoms with Gasteiger partial charge in [-0.15, -0.1) is 0 Å². The maximum absolute atomic E-state index is 13.9. The molecule has 2 aromatic carbocycles. The Morgan fingerprint density at radius 2 is 1.00 bits per heavy atom. The molecular weight excluding hydrogens is 396 g/mol. The first-order valence-corrected chi connectivity index (χ1v) is 11.7. The monoisotopic (exact) mass is 434 g/mol. The van der Waals surface area contributed by atoms with E-state index in [0.717, 1.165) is 57.7 Å². The van der Waals surface area contributed by atoms with E-state index in [-0.39, 0.29) is 27.8 Å². The highest BCUT2D eigenvalue weighted by Gasteiger charge is 2.41. The summed E-state index contributed by atoms with van der Waals surface area (Å²) in [7, 11) is 0. The fraction of sp³-hybridized carbons (Fsp3) is 0.552. The molecule has 2 aliphatic heterocycles. The zero-order chi connectivity index (χ0) is 23.9. The summed E-state index contributed by atoms with van der Waals surface area (Å²) in [6, 6.07) is 8.25. The third-order valence-corrected chi connectivity index (χ3v) is 7.11. The first kappa shape index (κ1) is 22.9. The zero-order valence-corrected chi connectivity index (χ0v) is 21.4. The van der Waals surface area contributed by atoms with Crippen LogP contribution in [0.15, 0.2) is 24.3 Å². The number of aryl methyl sites for hydroxylation is 2. The molecule has 0 saturated heterocycles. The van der Waals surface area contributed by atoms with Crippen LogP contribution in [0.5, 0.6) is 11.5 Å². The van der Waals surface area contributed by atoms with Gasteiger partial charge in [-0.25, -0.2) is 0 Å². The predicted molar refractivity (Wildman–Crippen MR) is 130 cm³/mol. The van der Waals surface area contributed by atoms with E-state index in [1.54, 1.807) is 0 Å². The van der Waals surface area contributed by atoms with Crippen molar-refractivity contribution in [1.82, 2.24) is 0 Å². The average Bonchev–Trinajstić information content (AvgIpc) is 2.56. The minimum Gasteiger partial charge on any atom is -0.488 e. The van der Waals surface area contributed by atoms with Crippen LogP contribution in [0.4, 0.5) is 0 Å². The normalized spacial score (nSPS) is 21.6. The fourth-order valence-corrected chi connectivity index (χ4v) is 6.21. The molecule has 0 spiro atoms. The predicted octanol–water partition coefficient (Wildman–Crippen LogP) is 7.21. The minimum atomic E-state index is -0.219. The second kappa shape index (κ2) is 6.85. The van der Waals surface area contributed by atoms with Crippen LogP contribution in [0, 0.1) is 13.8 Å². The number of hydrogen-bond acceptors (Lipinski definition) is 3. The smallest absolute Gasteiger partial charge is 0.193 e. The lowest BCUT2D eigenvalue weighted by Gasteiger charge is -2.43. The van der Waals surface area contributed by atoms with Gasteiger partial charge in [0.1, 0.15) is 22.7 Å². The van der Waals surface area contributed by atoms with Gasteiger partial charge in [-0.3, -0.25) is 4.79 Å². The summed E-state index contributed by atoms with van der Waals surface area (Å²) in [5.74, 6) is 1.88. The molecule has 0 bridgehead atoms. The molecule has 4 rings (SSSR count). The topological polar surface area (TPSA) is 35.5 Å². The van der Waals surface area contributed by atoms with E-state index in [2.05, 4.69) is 79.7 Å². The largest absolute Gasteiger partial charge is 0.488 e. The van der Waals surface area contributed by atoms with Crippen molar-refractivity contribution in [1.29, 1.82) is 0 Å². The molecular formula is C29H38O3. The van der Waals surface area contributed by atoms with Gasteiger partial charge in [-0.2, -0.15) is 0 Å². The number of carbonyl (C=O) groups is 1. The molecule has 32 heavy (non-hydrogen) atoms. The maximum Gasteiger partial charge on any atom is 0.193 e. The van der Waals surface area contributed by atoms with Gasteiger partial charge in [0.25, 0.3) is 0 Å². The van der Waals surface area contributed by atoms with E-state index in [4.69, 9.17) is 9.47 Å². The average molecular weight is 435 g/mol. The van der Waals surface area contributed by atoms with Gasteiger partial charge in [0.15, 0.2) is 5.78 Å². The molecule has 0 fully saturated rings. The number of ketones is 1. The van der Waals surface area contributed by atoms with Crippen molar-refractivity contribution in [2.45, 2.75) is 104 Å². The summed E-state index contributed by atoms with van der Waals surface area (Å²) in [5.41, 5.74) is 5.10. The lowest BCUT2D eigenvalue weighted by atomic mass is 9.72. The second-order valence-corrected chi connectivity index (χ2v) is 12.5. The number of rotatable bonds is 2. The number of ether oxygens (including phenoxy) is 2. The van der Waals surface area contributed by atoms with Gasteiger partial charge in [0, 0.05) is 22.3 Å². The van der Waals surface area contributed by atoms with Crippen molar-refractivity contribution in [3.8, 4) is 11.5 Å². The SMILES string of the molecule is Cc1cc2c(cc1C(=O)c1cc3c(cc1C)OC(C)(C)CC3(C)C)C(C)(C)CC(C)(C)O2. The Kier molecular flexibility index (Phi) is 4.90. The zero-order valence-electron chi connectivity index (χ0n) is 21.4. The molecule has 0 aliphatic carbocycles. The van der Waals surface area contributed by atoms with E-state index in [1.165, 1.54) is 0 Å². The molecule has 3 heteroatoms. The fourth-order valence-electron chi connectivity index (χ4n) is 6.21. The third-order valence-electron chi connectivity index (χ3n) is 7.11. The highest BCUT2D eigenvalue weighted by molar-refractivity contribution is 6.11. The Hall–Kier alpha value is -2.29. The molecule has 0 atom stereocenters. The van der Waals surface area contributed by atoms with Crippen LogP contribution < -0.4 is 9.47 Å². The van der Waals surface area contributed by atoms with Crippen LogP contribution in [-0.2, 0) is 10.8 Å². The van der Waals surface area contributed by atoms with E-state index in [0.29, 0.717) is 0 Å². The summed E-state index contributed by atoms with van der Waals surface area (Å²) in [6.07, 6.45) is 1.81.